The number of fused-ring (bicyclic) bond motifs is 4. The largest absolute Gasteiger partial charge is 0.449 e. The van der Waals surface area contributed by atoms with E-state index in [1.807, 2.05) is 95.3 Å². The van der Waals surface area contributed by atoms with Gasteiger partial charge < -0.3 is 34.5 Å². The van der Waals surface area contributed by atoms with Crippen LogP contribution in [0.1, 0.15) is 76.5 Å². The second-order valence-corrected chi connectivity index (χ2v) is 14.2. The van der Waals surface area contributed by atoms with Gasteiger partial charge in [0.05, 0.1) is 6.54 Å². The normalized spacial score (nSPS) is 12.9. The Morgan fingerprint density at radius 2 is 1.40 bits per heavy atom. The average molecular weight is 724 g/mol. The van der Waals surface area contributed by atoms with Crippen molar-refractivity contribution in [2.24, 2.45) is 0 Å². The van der Waals surface area contributed by atoms with E-state index in [1.165, 1.54) is 0 Å². The molecule has 0 unspecified atom stereocenters. The number of hydrogen-bond acceptors (Lipinski definition) is 7. The predicted molar refractivity (Wildman–Crippen MR) is 206 cm³/mol. The fraction of sp³-hybridized carbons (Fsp3) is 0.419. The number of unbranched alkanes of at least 4 members (excludes halogenated alkanes) is 1. The summed E-state index contributed by atoms with van der Waals surface area (Å²) in [5.41, 5.74) is 4.80. The molecule has 3 amide bonds. The Morgan fingerprint density at radius 3 is 2.04 bits per heavy atom. The van der Waals surface area contributed by atoms with Gasteiger partial charge in [-0.05, 0) is 98.5 Å². The van der Waals surface area contributed by atoms with Gasteiger partial charge in [-0.15, -0.1) is 0 Å². The molecule has 0 saturated heterocycles. The minimum Gasteiger partial charge on any atom is -0.449 e. The fourth-order valence-electron chi connectivity index (χ4n) is 6.73. The van der Waals surface area contributed by atoms with Crippen molar-refractivity contribution < 1.29 is 33.3 Å². The SMILES string of the molecule is CCOC(CN(Cc1ccc2ccccc2c1)C(=O)[C@H](CCCCNC(=O)OC(C)(C)C)NC(=O)OCC1c2ccccc2-c2ccccc21)OCC. The molecule has 1 aliphatic carbocycles. The van der Waals surface area contributed by atoms with Gasteiger partial charge in [-0.1, -0.05) is 84.9 Å². The molecule has 53 heavy (non-hydrogen) atoms. The van der Waals surface area contributed by atoms with Gasteiger partial charge in [0.15, 0.2) is 6.29 Å². The number of carbonyl (C=O) groups excluding carboxylic acids is 3. The molecule has 1 aliphatic rings. The Morgan fingerprint density at radius 1 is 0.774 bits per heavy atom. The van der Waals surface area contributed by atoms with E-state index >= 15 is 0 Å². The van der Waals surface area contributed by atoms with Crippen LogP contribution in [0.15, 0.2) is 91.0 Å². The van der Waals surface area contributed by atoms with Crippen LogP contribution in [-0.2, 0) is 30.3 Å². The quantitative estimate of drug-likeness (QED) is 0.0835. The second-order valence-electron chi connectivity index (χ2n) is 14.2. The van der Waals surface area contributed by atoms with Gasteiger partial charge in [-0.3, -0.25) is 4.79 Å². The topological polar surface area (TPSA) is 115 Å². The third-order valence-electron chi connectivity index (χ3n) is 9.10. The summed E-state index contributed by atoms with van der Waals surface area (Å²) in [4.78, 5) is 42.0. The summed E-state index contributed by atoms with van der Waals surface area (Å²) in [5.74, 6) is -0.403. The van der Waals surface area contributed by atoms with Gasteiger partial charge in [0.1, 0.15) is 18.2 Å². The van der Waals surface area contributed by atoms with Gasteiger partial charge in [0.25, 0.3) is 0 Å². The maximum absolute atomic E-state index is 14.6. The van der Waals surface area contributed by atoms with Crippen molar-refractivity contribution in [1.29, 1.82) is 0 Å². The highest BCUT2D eigenvalue weighted by Crippen LogP contribution is 2.44. The number of hydrogen-bond donors (Lipinski definition) is 2. The van der Waals surface area contributed by atoms with Crippen molar-refractivity contribution in [2.75, 3.05) is 32.9 Å². The van der Waals surface area contributed by atoms with Gasteiger partial charge in [-0.2, -0.15) is 0 Å². The van der Waals surface area contributed by atoms with Crippen molar-refractivity contribution in [3.63, 3.8) is 0 Å². The first-order valence-corrected chi connectivity index (χ1v) is 18.6. The molecule has 0 bridgehead atoms. The monoisotopic (exact) mass is 723 g/mol. The van der Waals surface area contributed by atoms with Gasteiger partial charge >= 0.3 is 12.2 Å². The van der Waals surface area contributed by atoms with Crippen LogP contribution in [0.25, 0.3) is 21.9 Å². The van der Waals surface area contributed by atoms with Crippen molar-refractivity contribution in [3.05, 3.63) is 108 Å². The van der Waals surface area contributed by atoms with Crippen LogP contribution in [0.3, 0.4) is 0 Å². The molecule has 5 rings (SSSR count). The predicted octanol–water partition coefficient (Wildman–Crippen LogP) is 8.17. The first-order valence-electron chi connectivity index (χ1n) is 18.6. The van der Waals surface area contributed by atoms with E-state index in [2.05, 4.69) is 41.0 Å². The maximum Gasteiger partial charge on any atom is 0.407 e. The molecule has 0 radical (unpaired) electrons. The number of amides is 3. The molecule has 0 aromatic heterocycles. The van der Waals surface area contributed by atoms with Crippen LogP contribution in [0.5, 0.6) is 0 Å². The fourth-order valence-corrected chi connectivity index (χ4v) is 6.73. The van der Waals surface area contributed by atoms with Crippen LogP contribution in [0.4, 0.5) is 9.59 Å². The van der Waals surface area contributed by atoms with E-state index in [1.54, 1.807) is 4.90 Å². The Kier molecular flexibility index (Phi) is 13.9. The van der Waals surface area contributed by atoms with Crippen LogP contribution >= 0.6 is 0 Å². The lowest BCUT2D eigenvalue weighted by molar-refractivity contribution is -0.161. The Balaban J connectivity index is 1.33. The molecule has 282 valence electrons. The van der Waals surface area contributed by atoms with E-state index in [4.69, 9.17) is 18.9 Å². The number of ether oxygens (including phenoxy) is 4. The van der Waals surface area contributed by atoms with E-state index in [9.17, 15) is 14.4 Å². The van der Waals surface area contributed by atoms with Gasteiger partial charge in [0, 0.05) is 32.2 Å². The van der Waals surface area contributed by atoms with Crippen LogP contribution in [0, 0.1) is 0 Å². The smallest absolute Gasteiger partial charge is 0.407 e. The summed E-state index contributed by atoms with van der Waals surface area (Å²) < 4.78 is 23.0. The molecule has 0 heterocycles. The molecule has 10 heteroatoms. The Hall–Kier alpha value is -4.93. The number of nitrogens with zero attached hydrogens (tertiary/aromatic N) is 1. The zero-order chi connectivity index (χ0) is 37.8. The van der Waals surface area contributed by atoms with E-state index < -0.39 is 30.1 Å². The molecule has 10 nitrogen and oxygen atoms in total. The number of nitrogens with one attached hydrogen (secondary N) is 2. The summed E-state index contributed by atoms with van der Waals surface area (Å²) in [5, 5.41) is 7.85. The van der Waals surface area contributed by atoms with Crippen molar-refractivity contribution in [1.82, 2.24) is 15.5 Å². The maximum atomic E-state index is 14.6. The summed E-state index contributed by atoms with van der Waals surface area (Å²) in [6.45, 7) is 10.9. The van der Waals surface area contributed by atoms with E-state index in [0.29, 0.717) is 39.0 Å². The lowest BCUT2D eigenvalue weighted by Crippen LogP contribution is -2.51. The molecule has 0 spiro atoms. The van der Waals surface area contributed by atoms with E-state index in [-0.39, 0.29) is 31.5 Å². The van der Waals surface area contributed by atoms with Crippen molar-refractivity contribution >= 4 is 28.9 Å². The number of carbonyl (C=O) groups is 3. The van der Waals surface area contributed by atoms with Crippen LogP contribution in [-0.4, -0.2) is 73.8 Å². The molecule has 0 saturated carbocycles. The number of rotatable bonds is 17. The highest BCUT2D eigenvalue weighted by Gasteiger charge is 2.32. The zero-order valence-corrected chi connectivity index (χ0v) is 31.6. The molecule has 2 N–H and O–H groups in total. The first kappa shape index (κ1) is 39.3. The van der Waals surface area contributed by atoms with Crippen molar-refractivity contribution in [3.8, 4) is 11.1 Å². The number of benzene rings is 4. The van der Waals surface area contributed by atoms with Gasteiger partial charge in [0.2, 0.25) is 5.91 Å². The molecular weight excluding hydrogens is 670 g/mol. The van der Waals surface area contributed by atoms with Gasteiger partial charge in [-0.25, -0.2) is 9.59 Å². The minimum absolute atomic E-state index is 0.122. The summed E-state index contributed by atoms with van der Waals surface area (Å²) in [6, 6.07) is 29.6. The second kappa shape index (κ2) is 18.7. The Bertz CT molecular complexity index is 1790. The van der Waals surface area contributed by atoms with Crippen LogP contribution in [0.2, 0.25) is 0 Å². The first-order chi connectivity index (χ1) is 25.6. The summed E-state index contributed by atoms with van der Waals surface area (Å²) in [7, 11) is 0. The number of alkyl carbamates (subject to hydrolysis) is 2. The minimum atomic E-state index is -0.906. The molecule has 0 aliphatic heterocycles. The lowest BCUT2D eigenvalue weighted by Gasteiger charge is -2.31. The standard InChI is InChI=1S/C43H53N3O7/c1-6-50-39(51-7-2)28-46(27-30-23-24-31-16-8-9-17-32(31)26-30)40(47)38(22-14-15-25-44-41(48)53-43(3,4)5)45-42(49)52-29-37-35-20-12-10-18-33(35)34-19-11-13-21-36(34)37/h8-13,16-21,23-24,26,37-39H,6-7,14-15,22,25,27-29H2,1-5H3,(H,44,48)(H,45,49)/t38-/m0/s1. The summed E-state index contributed by atoms with van der Waals surface area (Å²) >= 11 is 0. The molecular formula is C43H53N3O7. The third-order valence-corrected chi connectivity index (χ3v) is 9.10. The molecule has 4 aromatic rings. The highest BCUT2D eigenvalue weighted by molar-refractivity contribution is 5.86. The third kappa shape index (κ3) is 11.0. The molecule has 0 fully saturated rings. The molecule has 1 atom stereocenters. The summed E-state index contributed by atoms with van der Waals surface area (Å²) in [6.07, 6.45) is -0.389. The molecule has 4 aromatic carbocycles. The van der Waals surface area contributed by atoms with E-state index in [0.717, 1.165) is 38.6 Å². The highest BCUT2D eigenvalue weighted by atomic mass is 16.7. The zero-order valence-electron chi connectivity index (χ0n) is 31.6. The Labute approximate surface area is 313 Å². The van der Waals surface area contributed by atoms with Crippen molar-refractivity contribution in [2.45, 2.75) is 84.3 Å². The van der Waals surface area contributed by atoms with Crippen LogP contribution < -0.4 is 10.6 Å². The lowest BCUT2D eigenvalue weighted by atomic mass is 9.98. The average Bonchev–Trinajstić information content (AvgIpc) is 3.45.